The number of halogens is 6. The highest BCUT2D eigenvalue weighted by Gasteiger charge is 2.40. The summed E-state index contributed by atoms with van der Waals surface area (Å²) in [5, 5.41) is 14.2. The molecule has 4 rings (SSSR count). The van der Waals surface area contributed by atoms with Crippen molar-refractivity contribution in [3.63, 3.8) is 0 Å². The van der Waals surface area contributed by atoms with Crippen molar-refractivity contribution in [3.05, 3.63) is 30.1 Å². The van der Waals surface area contributed by atoms with Crippen molar-refractivity contribution in [3.8, 4) is 0 Å². The molecule has 3 saturated heterocycles. The second-order valence-electron chi connectivity index (χ2n) is 9.57. The molecule has 222 valence electrons. The van der Waals surface area contributed by atoms with Gasteiger partial charge in [-0.1, -0.05) is 6.07 Å². The van der Waals surface area contributed by atoms with Crippen molar-refractivity contribution in [2.24, 2.45) is 5.92 Å². The molecule has 3 aliphatic heterocycles. The number of carboxylic acid groups (broad SMARTS) is 2. The number of hydrogen-bond acceptors (Lipinski definition) is 7. The van der Waals surface area contributed by atoms with Gasteiger partial charge in [0.15, 0.2) is 0 Å². The van der Waals surface area contributed by atoms with E-state index in [1.807, 2.05) is 18.5 Å². The lowest BCUT2D eigenvalue weighted by Gasteiger charge is -2.48. The van der Waals surface area contributed by atoms with Crippen molar-refractivity contribution in [2.45, 2.75) is 50.2 Å². The van der Waals surface area contributed by atoms with Crippen LogP contribution in [0.25, 0.3) is 0 Å². The molecule has 0 bridgehead atoms. The number of alkyl halides is 6. The zero-order chi connectivity index (χ0) is 29.1. The van der Waals surface area contributed by atoms with Crippen molar-refractivity contribution >= 4 is 11.9 Å². The Kier molecular flexibility index (Phi) is 12.4. The first-order valence-corrected chi connectivity index (χ1v) is 12.4. The van der Waals surface area contributed by atoms with E-state index in [-0.39, 0.29) is 5.60 Å². The number of aromatic nitrogens is 1. The Hall–Kier alpha value is -2.49. The monoisotopic (exact) mass is 573 g/mol. The smallest absolute Gasteiger partial charge is 0.475 e. The summed E-state index contributed by atoms with van der Waals surface area (Å²) < 4.78 is 75.3. The third-order valence-electron chi connectivity index (χ3n) is 6.57. The lowest BCUT2D eigenvalue weighted by molar-refractivity contribution is -0.193. The number of nitrogens with zero attached hydrogens (tertiary/aromatic N) is 3. The lowest BCUT2D eigenvalue weighted by Crippen LogP contribution is -2.57. The van der Waals surface area contributed by atoms with E-state index in [4.69, 9.17) is 29.3 Å². The summed E-state index contributed by atoms with van der Waals surface area (Å²) in [5.41, 5.74) is 1.38. The fourth-order valence-electron chi connectivity index (χ4n) is 4.55. The number of rotatable bonds is 4. The molecule has 1 aromatic rings. The van der Waals surface area contributed by atoms with Crippen LogP contribution in [0.2, 0.25) is 0 Å². The van der Waals surface area contributed by atoms with Gasteiger partial charge in [-0.15, -0.1) is 0 Å². The van der Waals surface area contributed by atoms with Crippen molar-refractivity contribution in [2.75, 3.05) is 52.5 Å². The molecular formula is C24H33F6N3O6. The zero-order valence-corrected chi connectivity index (χ0v) is 21.2. The number of carboxylic acids is 2. The van der Waals surface area contributed by atoms with Gasteiger partial charge in [0, 0.05) is 64.9 Å². The summed E-state index contributed by atoms with van der Waals surface area (Å²) in [7, 11) is 0. The first-order valence-electron chi connectivity index (χ1n) is 12.4. The molecule has 0 aromatic carbocycles. The molecule has 1 aromatic heterocycles. The highest BCUT2D eigenvalue weighted by molar-refractivity contribution is 5.73. The van der Waals surface area contributed by atoms with Crippen LogP contribution in [0.1, 0.15) is 31.2 Å². The van der Waals surface area contributed by atoms with E-state index in [1.54, 1.807) is 0 Å². The third-order valence-corrected chi connectivity index (χ3v) is 6.57. The highest BCUT2D eigenvalue weighted by Crippen LogP contribution is 2.31. The fraction of sp³-hybridized carbons (Fsp3) is 0.708. The minimum absolute atomic E-state index is 0.0760. The van der Waals surface area contributed by atoms with E-state index in [2.05, 4.69) is 20.9 Å². The number of likely N-dealkylation sites (tertiary alicyclic amines) is 1. The average molecular weight is 574 g/mol. The van der Waals surface area contributed by atoms with Gasteiger partial charge < -0.3 is 24.6 Å². The molecule has 0 aliphatic carbocycles. The van der Waals surface area contributed by atoms with E-state index in [1.165, 1.54) is 50.9 Å². The molecule has 3 fully saturated rings. The van der Waals surface area contributed by atoms with Crippen LogP contribution in [0.3, 0.4) is 0 Å². The average Bonchev–Trinajstić information content (AvgIpc) is 2.87. The summed E-state index contributed by atoms with van der Waals surface area (Å²) in [4.78, 5) is 27.2. The number of morpholine rings is 1. The second kappa shape index (κ2) is 14.8. The van der Waals surface area contributed by atoms with Crippen LogP contribution in [0.15, 0.2) is 24.5 Å². The van der Waals surface area contributed by atoms with Gasteiger partial charge in [0.05, 0.1) is 12.2 Å². The Bertz CT molecular complexity index is 865. The Labute approximate surface area is 221 Å². The zero-order valence-electron chi connectivity index (χ0n) is 21.2. The molecule has 0 radical (unpaired) electrons. The van der Waals surface area contributed by atoms with Crippen LogP contribution < -0.4 is 0 Å². The Morgan fingerprint density at radius 1 is 0.949 bits per heavy atom. The molecule has 0 unspecified atom stereocenters. The molecule has 9 nitrogen and oxygen atoms in total. The van der Waals surface area contributed by atoms with Gasteiger partial charge in [-0.05, 0) is 43.2 Å². The lowest BCUT2D eigenvalue weighted by atomic mass is 9.88. The van der Waals surface area contributed by atoms with Gasteiger partial charge in [-0.3, -0.25) is 9.88 Å². The number of aliphatic carboxylic acids is 2. The molecule has 0 saturated carbocycles. The molecule has 39 heavy (non-hydrogen) atoms. The molecule has 2 N–H and O–H groups in total. The third kappa shape index (κ3) is 12.1. The molecule has 1 spiro atoms. The van der Waals surface area contributed by atoms with Crippen LogP contribution in [0, 0.1) is 5.92 Å². The Morgan fingerprint density at radius 3 is 2.00 bits per heavy atom. The van der Waals surface area contributed by atoms with Crippen molar-refractivity contribution < 1.29 is 55.6 Å². The molecule has 0 atom stereocenters. The highest BCUT2D eigenvalue weighted by atomic mass is 19.4. The van der Waals surface area contributed by atoms with E-state index in [0.717, 1.165) is 45.4 Å². The first kappa shape index (κ1) is 32.7. The fourth-order valence-corrected chi connectivity index (χ4v) is 4.55. The van der Waals surface area contributed by atoms with Crippen LogP contribution in [0.5, 0.6) is 0 Å². The van der Waals surface area contributed by atoms with Crippen LogP contribution in [0.4, 0.5) is 26.3 Å². The number of carbonyl (C=O) groups is 2. The maximum Gasteiger partial charge on any atom is 0.490 e. The van der Waals surface area contributed by atoms with Gasteiger partial charge in [0.25, 0.3) is 0 Å². The Balaban J connectivity index is 0.000000317. The quantitative estimate of drug-likeness (QED) is 0.523. The largest absolute Gasteiger partial charge is 0.490 e. The summed E-state index contributed by atoms with van der Waals surface area (Å²) in [5.74, 6) is -4.68. The van der Waals surface area contributed by atoms with Crippen LogP contribution in [-0.2, 0) is 25.6 Å². The van der Waals surface area contributed by atoms with Crippen molar-refractivity contribution in [1.29, 1.82) is 0 Å². The van der Waals surface area contributed by atoms with Gasteiger partial charge in [0.1, 0.15) is 0 Å². The Morgan fingerprint density at radius 2 is 1.51 bits per heavy atom. The van der Waals surface area contributed by atoms with Crippen LogP contribution in [-0.4, -0.2) is 107 Å². The summed E-state index contributed by atoms with van der Waals surface area (Å²) in [6.07, 6.45) is -1.54. The van der Waals surface area contributed by atoms with Gasteiger partial charge >= 0.3 is 24.3 Å². The van der Waals surface area contributed by atoms with E-state index >= 15 is 0 Å². The molecule has 3 aliphatic rings. The topological polar surface area (TPSA) is 112 Å². The van der Waals surface area contributed by atoms with Crippen LogP contribution >= 0.6 is 0 Å². The summed E-state index contributed by atoms with van der Waals surface area (Å²) >= 11 is 0. The van der Waals surface area contributed by atoms with E-state index in [0.29, 0.717) is 0 Å². The number of ether oxygens (including phenoxy) is 2. The van der Waals surface area contributed by atoms with Crippen molar-refractivity contribution in [1.82, 2.24) is 14.8 Å². The number of piperidine rings is 1. The van der Waals surface area contributed by atoms with E-state index in [9.17, 15) is 26.3 Å². The molecule has 0 amide bonds. The normalized spacial score (nSPS) is 20.8. The second-order valence-corrected chi connectivity index (χ2v) is 9.57. The van der Waals surface area contributed by atoms with Gasteiger partial charge in [-0.25, -0.2) is 9.59 Å². The molecular weight excluding hydrogens is 540 g/mol. The molecule has 4 heterocycles. The number of pyridine rings is 1. The predicted molar refractivity (Wildman–Crippen MR) is 125 cm³/mol. The first-order chi connectivity index (χ1) is 18.2. The maximum atomic E-state index is 10.6. The molecule has 15 heteroatoms. The summed E-state index contributed by atoms with van der Waals surface area (Å²) in [6, 6.07) is 4.20. The SMILES string of the molecule is O=C(O)C(F)(F)F.O=C(O)C(F)(F)F.c1cncc(CN2CCOC3(CCN(CC4CCOCC4)CC3)C2)c1. The predicted octanol–water partition coefficient (Wildman–Crippen LogP) is 3.44. The van der Waals surface area contributed by atoms with Gasteiger partial charge in [0.2, 0.25) is 0 Å². The van der Waals surface area contributed by atoms with E-state index < -0.39 is 24.3 Å². The standard InChI is InChI=1S/C20H31N3O2.2C2HF3O2/c1-2-19(14-21-7-1)16-23-10-13-25-20(17-23)5-8-22(9-6-20)15-18-3-11-24-12-4-18;2*3-2(4,5)1(6)7/h1-2,7,14,18H,3-6,8-13,15-17H2;2*(H,6,7). The maximum absolute atomic E-state index is 10.6. The van der Waals surface area contributed by atoms with Gasteiger partial charge in [-0.2, -0.15) is 26.3 Å². The minimum atomic E-state index is -5.08. The minimum Gasteiger partial charge on any atom is -0.475 e. The summed E-state index contributed by atoms with van der Waals surface area (Å²) in [6.45, 7) is 9.46. The number of hydrogen-bond donors (Lipinski definition) is 2.